The molecule has 0 radical (unpaired) electrons. The standard InChI is InChI=1S/C16H21NO5/c1-3-7-14(18)13(17-16(20)21-2)10-15(19)22-11-12-8-5-4-6-9-12/h4-6,8-9,13H,3,7,10-11H2,1-2H3,(H,17,20)/t13-/m0/s1. The summed E-state index contributed by atoms with van der Waals surface area (Å²) in [6.45, 7) is 1.98. The van der Waals surface area contributed by atoms with Crippen molar-refractivity contribution in [3.8, 4) is 0 Å². The second-order valence-corrected chi connectivity index (χ2v) is 4.76. The van der Waals surface area contributed by atoms with E-state index < -0.39 is 18.1 Å². The smallest absolute Gasteiger partial charge is 0.407 e. The van der Waals surface area contributed by atoms with Crippen LogP contribution in [0.15, 0.2) is 30.3 Å². The fourth-order valence-corrected chi connectivity index (χ4v) is 1.83. The van der Waals surface area contributed by atoms with E-state index in [1.165, 1.54) is 7.11 Å². The van der Waals surface area contributed by atoms with Gasteiger partial charge >= 0.3 is 12.1 Å². The molecule has 0 saturated heterocycles. The van der Waals surface area contributed by atoms with Crippen LogP contribution in [0.5, 0.6) is 0 Å². The zero-order valence-electron chi connectivity index (χ0n) is 12.8. The van der Waals surface area contributed by atoms with Gasteiger partial charge in [0.05, 0.1) is 13.5 Å². The average Bonchev–Trinajstić information content (AvgIpc) is 2.53. The van der Waals surface area contributed by atoms with Gasteiger partial charge in [0, 0.05) is 6.42 Å². The summed E-state index contributed by atoms with van der Waals surface area (Å²) < 4.78 is 9.58. The lowest BCUT2D eigenvalue weighted by molar-refractivity contribution is -0.146. The van der Waals surface area contributed by atoms with Crippen LogP contribution in [0.3, 0.4) is 0 Å². The monoisotopic (exact) mass is 307 g/mol. The third-order valence-electron chi connectivity index (χ3n) is 2.98. The van der Waals surface area contributed by atoms with Crippen molar-refractivity contribution in [2.45, 2.75) is 38.8 Å². The Hall–Kier alpha value is -2.37. The Balaban J connectivity index is 2.54. The van der Waals surface area contributed by atoms with Crippen molar-refractivity contribution >= 4 is 17.8 Å². The number of carbonyl (C=O) groups is 3. The second kappa shape index (κ2) is 9.55. The van der Waals surface area contributed by atoms with Gasteiger partial charge in [0.2, 0.25) is 0 Å². The van der Waals surface area contributed by atoms with Crippen LogP contribution in [0, 0.1) is 0 Å². The highest BCUT2D eigenvalue weighted by Gasteiger charge is 2.24. The Morgan fingerprint density at radius 3 is 2.45 bits per heavy atom. The molecule has 0 unspecified atom stereocenters. The van der Waals surface area contributed by atoms with Gasteiger partial charge in [-0.3, -0.25) is 9.59 Å². The molecule has 0 bridgehead atoms. The molecule has 22 heavy (non-hydrogen) atoms. The highest BCUT2D eigenvalue weighted by molar-refractivity contribution is 5.90. The van der Waals surface area contributed by atoms with Gasteiger partial charge in [-0.25, -0.2) is 4.79 Å². The number of ketones is 1. The molecule has 1 aromatic carbocycles. The van der Waals surface area contributed by atoms with Crippen LogP contribution in [0.25, 0.3) is 0 Å². The van der Waals surface area contributed by atoms with E-state index in [1.807, 2.05) is 37.3 Å². The summed E-state index contributed by atoms with van der Waals surface area (Å²) in [4.78, 5) is 35.0. The van der Waals surface area contributed by atoms with Gasteiger partial charge in [-0.2, -0.15) is 0 Å². The third-order valence-corrected chi connectivity index (χ3v) is 2.98. The van der Waals surface area contributed by atoms with Gasteiger partial charge in [0.1, 0.15) is 12.6 Å². The molecule has 6 heteroatoms. The SMILES string of the molecule is CCCC(=O)[C@H](CC(=O)OCc1ccccc1)NC(=O)OC. The van der Waals surface area contributed by atoms with Gasteiger partial charge in [-0.15, -0.1) is 0 Å². The molecule has 0 aliphatic rings. The van der Waals surface area contributed by atoms with Crippen molar-refractivity contribution in [2.75, 3.05) is 7.11 Å². The van der Waals surface area contributed by atoms with E-state index >= 15 is 0 Å². The molecular weight excluding hydrogens is 286 g/mol. The number of methoxy groups -OCH3 is 1. The summed E-state index contributed by atoms with van der Waals surface area (Å²) in [6, 6.07) is 8.30. The molecule has 0 heterocycles. The quantitative estimate of drug-likeness (QED) is 0.745. The van der Waals surface area contributed by atoms with Gasteiger partial charge in [0.25, 0.3) is 0 Å². The maximum absolute atomic E-state index is 11.9. The Bertz CT molecular complexity index is 501. The molecule has 0 saturated carbocycles. The Morgan fingerprint density at radius 2 is 1.86 bits per heavy atom. The average molecular weight is 307 g/mol. The van der Waals surface area contributed by atoms with Crippen LogP contribution in [-0.2, 0) is 25.7 Å². The molecule has 120 valence electrons. The van der Waals surface area contributed by atoms with E-state index in [0.29, 0.717) is 6.42 Å². The van der Waals surface area contributed by atoms with Crippen LogP contribution >= 0.6 is 0 Å². The molecule has 1 atom stereocenters. The maximum atomic E-state index is 11.9. The molecule has 0 aromatic heterocycles. The van der Waals surface area contributed by atoms with E-state index in [0.717, 1.165) is 5.56 Å². The summed E-state index contributed by atoms with van der Waals surface area (Å²) in [5.74, 6) is -0.765. The van der Waals surface area contributed by atoms with Crippen LogP contribution in [-0.4, -0.2) is 31.0 Å². The highest BCUT2D eigenvalue weighted by atomic mass is 16.5. The Morgan fingerprint density at radius 1 is 1.18 bits per heavy atom. The summed E-state index contributed by atoms with van der Waals surface area (Å²) in [7, 11) is 1.20. The minimum absolute atomic E-state index is 0.132. The molecule has 0 fully saturated rings. The number of benzene rings is 1. The summed E-state index contributed by atoms with van der Waals surface area (Å²) in [6.07, 6.45) is -0.0381. The lowest BCUT2D eigenvalue weighted by atomic mass is 10.1. The van der Waals surface area contributed by atoms with Crippen molar-refractivity contribution in [2.24, 2.45) is 0 Å². The van der Waals surface area contributed by atoms with Gasteiger partial charge in [-0.05, 0) is 12.0 Å². The fraction of sp³-hybridized carbons (Fsp3) is 0.438. The third kappa shape index (κ3) is 6.39. The molecule has 6 nitrogen and oxygen atoms in total. The van der Waals surface area contributed by atoms with E-state index in [2.05, 4.69) is 10.1 Å². The van der Waals surface area contributed by atoms with Crippen molar-refractivity contribution in [3.63, 3.8) is 0 Å². The normalized spacial score (nSPS) is 11.4. The van der Waals surface area contributed by atoms with E-state index in [1.54, 1.807) is 0 Å². The first-order valence-corrected chi connectivity index (χ1v) is 7.13. The van der Waals surface area contributed by atoms with Crippen LogP contribution in [0.1, 0.15) is 31.7 Å². The lowest BCUT2D eigenvalue weighted by Crippen LogP contribution is -2.42. The van der Waals surface area contributed by atoms with Crippen LogP contribution in [0.4, 0.5) is 4.79 Å². The van der Waals surface area contributed by atoms with Crippen molar-refractivity contribution in [1.82, 2.24) is 5.32 Å². The number of hydrogen-bond donors (Lipinski definition) is 1. The van der Waals surface area contributed by atoms with E-state index in [9.17, 15) is 14.4 Å². The van der Waals surface area contributed by atoms with Crippen LogP contribution in [0.2, 0.25) is 0 Å². The van der Waals surface area contributed by atoms with Crippen molar-refractivity contribution in [1.29, 1.82) is 0 Å². The number of rotatable bonds is 8. The van der Waals surface area contributed by atoms with Crippen molar-refractivity contribution in [3.05, 3.63) is 35.9 Å². The number of amides is 1. The second-order valence-electron chi connectivity index (χ2n) is 4.76. The number of hydrogen-bond acceptors (Lipinski definition) is 5. The van der Waals surface area contributed by atoms with E-state index in [4.69, 9.17) is 4.74 Å². The molecule has 0 aliphatic carbocycles. The Labute approximate surface area is 129 Å². The van der Waals surface area contributed by atoms with E-state index in [-0.39, 0.29) is 25.2 Å². The molecule has 0 aliphatic heterocycles. The molecule has 1 aromatic rings. The zero-order chi connectivity index (χ0) is 16.4. The first kappa shape index (κ1) is 17.7. The number of nitrogens with one attached hydrogen (secondary N) is 1. The largest absolute Gasteiger partial charge is 0.461 e. The van der Waals surface area contributed by atoms with Gasteiger partial charge < -0.3 is 14.8 Å². The summed E-state index contributed by atoms with van der Waals surface area (Å²) >= 11 is 0. The first-order chi connectivity index (χ1) is 10.6. The topological polar surface area (TPSA) is 81.7 Å². The van der Waals surface area contributed by atoms with Gasteiger partial charge in [0.15, 0.2) is 5.78 Å². The number of esters is 1. The van der Waals surface area contributed by atoms with Crippen LogP contribution < -0.4 is 5.32 Å². The zero-order valence-corrected chi connectivity index (χ0v) is 12.8. The van der Waals surface area contributed by atoms with Crippen molar-refractivity contribution < 1.29 is 23.9 Å². The first-order valence-electron chi connectivity index (χ1n) is 7.13. The fourth-order valence-electron chi connectivity index (χ4n) is 1.83. The summed E-state index contributed by atoms with van der Waals surface area (Å²) in [5.41, 5.74) is 0.855. The molecule has 0 spiro atoms. The Kier molecular flexibility index (Phi) is 7.67. The minimum atomic E-state index is -0.921. The van der Waals surface area contributed by atoms with Gasteiger partial charge in [-0.1, -0.05) is 37.3 Å². The molecule has 1 amide bonds. The number of alkyl carbamates (subject to hydrolysis) is 1. The maximum Gasteiger partial charge on any atom is 0.407 e. The number of carbonyl (C=O) groups excluding carboxylic acids is 3. The molecule has 1 rings (SSSR count). The molecule has 1 N–H and O–H groups in total. The number of Topliss-reactive ketones (excluding diaryl/α,β-unsaturated/α-hetero) is 1. The summed E-state index contributed by atoms with van der Waals surface area (Å²) in [5, 5.41) is 2.37. The minimum Gasteiger partial charge on any atom is -0.461 e. The predicted molar refractivity (Wildman–Crippen MR) is 80.1 cm³/mol. The predicted octanol–water partition coefficient (Wildman–Crippen LogP) is 2.21. The number of ether oxygens (including phenoxy) is 2. The molecular formula is C16H21NO5. The highest BCUT2D eigenvalue weighted by Crippen LogP contribution is 2.06. The lowest BCUT2D eigenvalue weighted by Gasteiger charge is -2.16.